The molecule has 0 unspecified atom stereocenters. The van der Waals surface area contributed by atoms with Gasteiger partial charge in [0.05, 0.1) is 5.69 Å². The van der Waals surface area contributed by atoms with Crippen LogP contribution >= 0.6 is 0 Å². The molecule has 4 heteroatoms. The first kappa shape index (κ1) is 16.9. The average Bonchev–Trinajstić information content (AvgIpc) is 2.73. The summed E-state index contributed by atoms with van der Waals surface area (Å²) < 4.78 is 0. The van der Waals surface area contributed by atoms with E-state index in [9.17, 15) is 4.79 Å². The van der Waals surface area contributed by atoms with Crippen LogP contribution < -0.4 is 5.73 Å². The van der Waals surface area contributed by atoms with Gasteiger partial charge in [-0.15, -0.1) is 0 Å². The zero-order valence-electron chi connectivity index (χ0n) is 15.0. The third kappa shape index (κ3) is 3.29. The Kier molecular flexibility index (Phi) is 4.38. The van der Waals surface area contributed by atoms with E-state index in [2.05, 4.69) is 54.4 Å². The molecule has 27 heavy (non-hydrogen) atoms. The SMILES string of the molecule is CCc1ccc(-c2nc3nc(C(N)=O)ccc3cc2-c2ccccc2)cc1. The molecular formula is C23H19N3O. The summed E-state index contributed by atoms with van der Waals surface area (Å²) in [5.74, 6) is -0.556. The molecule has 1 amide bonds. The largest absolute Gasteiger partial charge is 0.364 e. The topological polar surface area (TPSA) is 68.9 Å². The third-order valence-electron chi connectivity index (χ3n) is 4.65. The Morgan fingerprint density at radius 1 is 0.889 bits per heavy atom. The van der Waals surface area contributed by atoms with Crippen LogP contribution in [0.2, 0.25) is 0 Å². The Morgan fingerprint density at radius 2 is 1.63 bits per heavy atom. The normalized spacial score (nSPS) is 10.9. The summed E-state index contributed by atoms with van der Waals surface area (Å²) in [5.41, 5.74) is 11.3. The number of aryl methyl sites for hydroxylation is 1. The number of primary amides is 1. The lowest BCUT2D eigenvalue weighted by atomic mass is 9.97. The number of aromatic nitrogens is 2. The van der Waals surface area contributed by atoms with Crippen molar-refractivity contribution in [1.29, 1.82) is 0 Å². The van der Waals surface area contributed by atoms with Crippen LogP contribution in [0.3, 0.4) is 0 Å². The number of nitrogens with zero attached hydrogens (tertiary/aromatic N) is 2. The first-order valence-electron chi connectivity index (χ1n) is 8.92. The van der Waals surface area contributed by atoms with Crippen LogP contribution in [0.25, 0.3) is 33.4 Å². The predicted molar refractivity (Wildman–Crippen MR) is 108 cm³/mol. The molecule has 4 rings (SSSR count). The van der Waals surface area contributed by atoms with Crippen molar-refractivity contribution in [2.24, 2.45) is 5.73 Å². The second-order valence-corrected chi connectivity index (χ2v) is 6.41. The number of carbonyl (C=O) groups is 1. The smallest absolute Gasteiger partial charge is 0.267 e. The van der Waals surface area contributed by atoms with E-state index >= 15 is 0 Å². The third-order valence-corrected chi connectivity index (χ3v) is 4.65. The number of hydrogen-bond acceptors (Lipinski definition) is 3. The lowest BCUT2D eigenvalue weighted by Gasteiger charge is -2.12. The molecule has 0 aliphatic carbocycles. The minimum Gasteiger partial charge on any atom is -0.364 e. The standard InChI is InChI=1S/C23H19N3O/c1-2-15-8-10-17(11-9-15)21-19(16-6-4-3-5-7-16)14-18-12-13-20(22(24)27)25-23(18)26-21/h3-14H,2H2,1H3,(H2,24,27). The van der Waals surface area contributed by atoms with Crippen LogP contribution in [0.1, 0.15) is 23.0 Å². The van der Waals surface area contributed by atoms with Crippen LogP contribution in [0.5, 0.6) is 0 Å². The van der Waals surface area contributed by atoms with Gasteiger partial charge in [-0.1, -0.05) is 61.5 Å². The second kappa shape index (κ2) is 7.00. The number of fused-ring (bicyclic) bond motifs is 1. The summed E-state index contributed by atoms with van der Waals surface area (Å²) in [6.07, 6.45) is 0.987. The number of hydrogen-bond donors (Lipinski definition) is 1. The molecule has 0 bridgehead atoms. The molecule has 0 saturated carbocycles. The Bertz CT molecular complexity index is 1120. The molecular weight excluding hydrogens is 334 g/mol. The summed E-state index contributed by atoms with van der Waals surface area (Å²) in [4.78, 5) is 20.6. The summed E-state index contributed by atoms with van der Waals surface area (Å²) >= 11 is 0. The van der Waals surface area contributed by atoms with E-state index in [1.807, 2.05) is 24.3 Å². The van der Waals surface area contributed by atoms with Crippen LogP contribution in [-0.2, 0) is 6.42 Å². The van der Waals surface area contributed by atoms with Crippen molar-refractivity contribution in [3.8, 4) is 22.4 Å². The van der Waals surface area contributed by atoms with Gasteiger partial charge in [0.15, 0.2) is 5.65 Å². The van der Waals surface area contributed by atoms with Gasteiger partial charge >= 0.3 is 0 Å². The Hall–Kier alpha value is -3.53. The summed E-state index contributed by atoms with van der Waals surface area (Å²) in [7, 11) is 0. The average molecular weight is 353 g/mol. The van der Waals surface area contributed by atoms with Crippen molar-refractivity contribution in [2.45, 2.75) is 13.3 Å². The first-order valence-corrected chi connectivity index (χ1v) is 8.92. The number of benzene rings is 2. The first-order chi connectivity index (χ1) is 13.2. The highest BCUT2D eigenvalue weighted by Crippen LogP contribution is 2.33. The van der Waals surface area contributed by atoms with E-state index in [0.29, 0.717) is 5.65 Å². The molecule has 0 atom stereocenters. The van der Waals surface area contributed by atoms with Crippen molar-refractivity contribution in [3.05, 3.63) is 84.1 Å². The second-order valence-electron chi connectivity index (χ2n) is 6.41. The van der Waals surface area contributed by atoms with Crippen molar-refractivity contribution in [3.63, 3.8) is 0 Å². The van der Waals surface area contributed by atoms with E-state index < -0.39 is 5.91 Å². The summed E-state index contributed by atoms with van der Waals surface area (Å²) in [5, 5.41) is 0.868. The van der Waals surface area contributed by atoms with Crippen LogP contribution in [0.4, 0.5) is 0 Å². The summed E-state index contributed by atoms with van der Waals surface area (Å²) in [6.45, 7) is 2.13. The maximum Gasteiger partial charge on any atom is 0.267 e. The molecule has 0 radical (unpaired) electrons. The van der Waals surface area contributed by atoms with Gasteiger partial charge in [-0.05, 0) is 35.7 Å². The summed E-state index contributed by atoms with van der Waals surface area (Å²) in [6, 6.07) is 24.1. The van der Waals surface area contributed by atoms with Crippen molar-refractivity contribution in [2.75, 3.05) is 0 Å². The molecule has 0 aliphatic heterocycles. The molecule has 0 saturated heterocycles. The number of carbonyl (C=O) groups excluding carboxylic acids is 1. The Labute approximate surface area is 157 Å². The van der Waals surface area contributed by atoms with Gasteiger partial charge in [-0.3, -0.25) is 4.79 Å². The number of pyridine rings is 2. The fourth-order valence-corrected chi connectivity index (χ4v) is 3.14. The number of rotatable bonds is 4. The number of nitrogens with two attached hydrogens (primary N) is 1. The van der Waals surface area contributed by atoms with Gasteiger partial charge in [0.25, 0.3) is 5.91 Å². The molecule has 4 nitrogen and oxygen atoms in total. The molecule has 0 aliphatic rings. The van der Waals surface area contributed by atoms with E-state index in [-0.39, 0.29) is 5.69 Å². The van der Waals surface area contributed by atoms with E-state index in [4.69, 9.17) is 10.7 Å². The van der Waals surface area contributed by atoms with E-state index in [1.54, 1.807) is 6.07 Å². The van der Waals surface area contributed by atoms with Crippen LogP contribution in [0, 0.1) is 0 Å². The Morgan fingerprint density at radius 3 is 2.30 bits per heavy atom. The lowest BCUT2D eigenvalue weighted by Crippen LogP contribution is -2.13. The number of amides is 1. The maximum absolute atomic E-state index is 11.5. The fourth-order valence-electron chi connectivity index (χ4n) is 3.14. The molecule has 2 N–H and O–H groups in total. The van der Waals surface area contributed by atoms with Gasteiger partial charge < -0.3 is 5.73 Å². The van der Waals surface area contributed by atoms with Gasteiger partial charge in [-0.2, -0.15) is 0 Å². The van der Waals surface area contributed by atoms with Crippen LogP contribution in [-0.4, -0.2) is 15.9 Å². The van der Waals surface area contributed by atoms with Crippen molar-refractivity contribution >= 4 is 16.9 Å². The minimum absolute atomic E-state index is 0.217. The minimum atomic E-state index is -0.556. The molecule has 132 valence electrons. The highest BCUT2D eigenvalue weighted by Gasteiger charge is 2.13. The lowest BCUT2D eigenvalue weighted by molar-refractivity contribution is 0.0996. The monoisotopic (exact) mass is 353 g/mol. The predicted octanol–water partition coefficient (Wildman–Crippen LogP) is 4.63. The van der Waals surface area contributed by atoms with Crippen molar-refractivity contribution < 1.29 is 4.79 Å². The zero-order valence-corrected chi connectivity index (χ0v) is 15.0. The van der Waals surface area contributed by atoms with E-state index in [0.717, 1.165) is 34.2 Å². The highest BCUT2D eigenvalue weighted by atomic mass is 16.1. The molecule has 0 spiro atoms. The van der Waals surface area contributed by atoms with Gasteiger partial charge in [-0.25, -0.2) is 9.97 Å². The van der Waals surface area contributed by atoms with E-state index in [1.165, 1.54) is 5.56 Å². The van der Waals surface area contributed by atoms with Crippen LogP contribution in [0.15, 0.2) is 72.8 Å². The zero-order chi connectivity index (χ0) is 18.8. The van der Waals surface area contributed by atoms with Crippen molar-refractivity contribution in [1.82, 2.24) is 9.97 Å². The maximum atomic E-state index is 11.5. The Balaban J connectivity index is 1.97. The van der Waals surface area contributed by atoms with Gasteiger partial charge in [0, 0.05) is 16.5 Å². The molecule has 4 aromatic rings. The molecule has 0 fully saturated rings. The molecule has 2 aromatic carbocycles. The van der Waals surface area contributed by atoms with Gasteiger partial charge in [0.2, 0.25) is 0 Å². The fraction of sp³-hybridized carbons (Fsp3) is 0.0870. The molecule has 2 aromatic heterocycles. The quantitative estimate of drug-likeness (QED) is 0.582. The molecule has 2 heterocycles. The highest BCUT2D eigenvalue weighted by molar-refractivity contribution is 5.95. The van der Waals surface area contributed by atoms with Gasteiger partial charge in [0.1, 0.15) is 5.69 Å².